The monoisotopic (exact) mass is 230 g/mol. The van der Waals surface area contributed by atoms with Crippen molar-refractivity contribution in [3.8, 4) is 11.8 Å². The fraction of sp³-hybridized carbons (Fsp3) is 0.385. The second-order valence-electron chi connectivity index (χ2n) is 4.28. The molecule has 88 valence electrons. The number of carbonyl (C=O) groups excluding carboxylic acids is 1. The maximum Gasteiger partial charge on any atom is 0.255 e. The second-order valence-corrected chi connectivity index (χ2v) is 4.28. The molecule has 0 spiro atoms. The molecule has 17 heavy (non-hydrogen) atoms. The number of hydrogen-bond donors (Lipinski definition) is 1. The van der Waals surface area contributed by atoms with E-state index in [0.29, 0.717) is 12.1 Å². The van der Waals surface area contributed by atoms with Crippen LogP contribution >= 0.6 is 0 Å². The minimum Gasteiger partial charge on any atom is -0.508 e. The number of likely N-dealkylation sites (tertiary alicyclic amines) is 1. The highest BCUT2D eigenvalue weighted by atomic mass is 16.3. The zero-order chi connectivity index (χ0) is 12.4. The fourth-order valence-electron chi connectivity index (χ4n) is 2.19. The molecule has 2 rings (SSSR count). The van der Waals surface area contributed by atoms with E-state index in [1.807, 2.05) is 0 Å². The zero-order valence-corrected chi connectivity index (χ0v) is 9.68. The van der Waals surface area contributed by atoms with Gasteiger partial charge in [0.05, 0.1) is 6.07 Å². The highest BCUT2D eigenvalue weighted by Crippen LogP contribution is 2.22. The second kappa shape index (κ2) is 4.46. The molecule has 1 atom stereocenters. The summed E-state index contributed by atoms with van der Waals surface area (Å²) >= 11 is 0. The van der Waals surface area contributed by atoms with E-state index in [9.17, 15) is 9.90 Å². The van der Waals surface area contributed by atoms with Crippen molar-refractivity contribution < 1.29 is 9.90 Å². The molecular formula is C13H14N2O2. The Morgan fingerprint density at radius 2 is 2.35 bits per heavy atom. The molecule has 4 nitrogen and oxygen atoms in total. The molecule has 0 bridgehead atoms. The van der Waals surface area contributed by atoms with E-state index in [4.69, 9.17) is 5.26 Å². The van der Waals surface area contributed by atoms with Crippen molar-refractivity contribution in [2.45, 2.75) is 25.8 Å². The molecule has 1 saturated heterocycles. The summed E-state index contributed by atoms with van der Waals surface area (Å²) in [6.07, 6.45) is 1.63. The van der Waals surface area contributed by atoms with Crippen LogP contribution in [0.3, 0.4) is 0 Å². The summed E-state index contributed by atoms with van der Waals surface area (Å²) in [5.41, 5.74) is 1.29. The van der Waals surface area contributed by atoms with E-state index in [1.165, 1.54) is 6.07 Å². The third kappa shape index (κ3) is 2.09. The molecule has 0 aliphatic carbocycles. The molecule has 1 fully saturated rings. The van der Waals surface area contributed by atoms with Gasteiger partial charge in [0, 0.05) is 12.1 Å². The average Bonchev–Trinajstić information content (AvgIpc) is 2.76. The van der Waals surface area contributed by atoms with Crippen LogP contribution in [-0.2, 0) is 0 Å². The number of carbonyl (C=O) groups is 1. The molecule has 0 aromatic heterocycles. The molecule has 1 N–H and O–H groups in total. The Morgan fingerprint density at radius 1 is 1.59 bits per heavy atom. The first-order valence-electron chi connectivity index (χ1n) is 5.63. The number of aryl methyl sites for hydroxylation is 1. The number of phenols is 1. The molecular weight excluding hydrogens is 216 g/mol. The number of nitrogens with zero attached hydrogens (tertiary/aromatic N) is 2. The minimum absolute atomic E-state index is 0.119. The predicted molar refractivity (Wildman–Crippen MR) is 62.5 cm³/mol. The van der Waals surface area contributed by atoms with Crippen molar-refractivity contribution >= 4 is 5.91 Å². The van der Waals surface area contributed by atoms with E-state index in [1.54, 1.807) is 24.0 Å². The van der Waals surface area contributed by atoms with E-state index in [2.05, 4.69) is 6.07 Å². The van der Waals surface area contributed by atoms with Crippen LogP contribution in [0.25, 0.3) is 0 Å². The predicted octanol–water partition coefficient (Wildman–Crippen LogP) is 1.83. The van der Waals surface area contributed by atoms with Gasteiger partial charge in [-0.2, -0.15) is 5.26 Å². The number of hydrogen-bond acceptors (Lipinski definition) is 3. The highest BCUT2D eigenvalue weighted by molar-refractivity contribution is 5.96. The fourth-order valence-corrected chi connectivity index (χ4v) is 2.19. The summed E-state index contributed by atoms with van der Waals surface area (Å²) in [5.74, 6) is 0.0313. The quantitative estimate of drug-likeness (QED) is 0.800. The van der Waals surface area contributed by atoms with Gasteiger partial charge >= 0.3 is 0 Å². The summed E-state index contributed by atoms with van der Waals surface area (Å²) in [7, 11) is 0. The van der Waals surface area contributed by atoms with E-state index in [-0.39, 0.29) is 17.7 Å². The lowest BCUT2D eigenvalue weighted by Crippen LogP contribution is -2.34. The van der Waals surface area contributed by atoms with Gasteiger partial charge in [-0.1, -0.05) is 0 Å². The van der Waals surface area contributed by atoms with Crippen molar-refractivity contribution in [3.63, 3.8) is 0 Å². The minimum atomic E-state index is -0.310. The molecule has 1 heterocycles. The lowest BCUT2D eigenvalue weighted by atomic mass is 10.1. The largest absolute Gasteiger partial charge is 0.508 e. The van der Waals surface area contributed by atoms with Gasteiger partial charge in [0.2, 0.25) is 0 Å². The SMILES string of the molecule is Cc1cc(O)ccc1C(=O)N1CCCC1C#N. The zero-order valence-electron chi connectivity index (χ0n) is 9.68. The number of amides is 1. The van der Waals surface area contributed by atoms with Crippen LogP contribution in [0, 0.1) is 18.3 Å². The number of rotatable bonds is 1. The molecule has 0 radical (unpaired) electrons. The van der Waals surface area contributed by atoms with Crippen LogP contribution in [0.1, 0.15) is 28.8 Å². The molecule has 1 amide bonds. The van der Waals surface area contributed by atoms with Gasteiger partial charge in [0.15, 0.2) is 0 Å². The first-order chi connectivity index (χ1) is 8.13. The van der Waals surface area contributed by atoms with E-state index in [0.717, 1.165) is 18.4 Å². The van der Waals surface area contributed by atoms with Gasteiger partial charge in [-0.3, -0.25) is 4.79 Å². The lowest BCUT2D eigenvalue weighted by Gasteiger charge is -2.20. The number of nitriles is 1. The molecule has 1 aliphatic rings. The van der Waals surface area contributed by atoms with Gasteiger partial charge in [-0.15, -0.1) is 0 Å². The molecule has 1 aliphatic heterocycles. The van der Waals surface area contributed by atoms with Gasteiger partial charge < -0.3 is 10.0 Å². The molecule has 0 saturated carbocycles. The Morgan fingerprint density at radius 3 is 3.00 bits per heavy atom. The van der Waals surface area contributed by atoms with Crippen LogP contribution in [0.4, 0.5) is 0 Å². The third-order valence-electron chi connectivity index (χ3n) is 3.10. The summed E-state index contributed by atoms with van der Waals surface area (Å²) in [4.78, 5) is 13.9. The summed E-state index contributed by atoms with van der Waals surface area (Å²) in [6, 6.07) is 6.51. The Labute approximate surface area is 100 Å². The number of phenolic OH excluding ortho intramolecular Hbond substituents is 1. The Balaban J connectivity index is 2.28. The summed E-state index contributed by atoms with van der Waals surface area (Å²) in [5, 5.41) is 18.3. The smallest absolute Gasteiger partial charge is 0.255 e. The van der Waals surface area contributed by atoms with E-state index < -0.39 is 0 Å². The molecule has 1 unspecified atom stereocenters. The van der Waals surface area contributed by atoms with Crippen molar-refractivity contribution in [1.29, 1.82) is 5.26 Å². The summed E-state index contributed by atoms with van der Waals surface area (Å²) < 4.78 is 0. The third-order valence-corrected chi connectivity index (χ3v) is 3.10. The van der Waals surface area contributed by atoms with Crippen LogP contribution < -0.4 is 0 Å². The lowest BCUT2D eigenvalue weighted by molar-refractivity contribution is 0.0764. The first kappa shape index (κ1) is 11.5. The maximum absolute atomic E-state index is 12.2. The number of benzene rings is 1. The van der Waals surface area contributed by atoms with Gasteiger partial charge in [0.1, 0.15) is 11.8 Å². The summed E-state index contributed by atoms with van der Waals surface area (Å²) in [6.45, 7) is 2.42. The maximum atomic E-state index is 12.2. The molecule has 1 aromatic carbocycles. The van der Waals surface area contributed by atoms with Crippen LogP contribution in [0.5, 0.6) is 5.75 Å². The van der Waals surface area contributed by atoms with Crippen molar-refractivity contribution in [2.24, 2.45) is 0 Å². The molecule has 4 heteroatoms. The van der Waals surface area contributed by atoms with Crippen molar-refractivity contribution in [3.05, 3.63) is 29.3 Å². The van der Waals surface area contributed by atoms with E-state index >= 15 is 0 Å². The topological polar surface area (TPSA) is 64.3 Å². The Bertz CT molecular complexity index is 491. The average molecular weight is 230 g/mol. The van der Waals surface area contributed by atoms with Gasteiger partial charge in [0.25, 0.3) is 5.91 Å². The Kier molecular flexibility index (Phi) is 3.01. The first-order valence-corrected chi connectivity index (χ1v) is 5.63. The Hall–Kier alpha value is -2.02. The van der Waals surface area contributed by atoms with Crippen molar-refractivity contribution in [2.75, 3.05) is 6.54 Å². The van der Waals surface area contributed by atoms with Gasteiger partial charge in [-0.05, 0) is 43.5 Å². The van der Waals surface area contributed by atoms with Crippen LogP contribution in [-0.4, -0.2) is 28.5 Å². The molecule has 1 aromatic rings. The standard InChI is InChI=1S/C13H14N2O2/c1-9-7-11(16)4-5-12(9)13(17)15-6-2-3-10(15)8-14/h4-5,7,10,16H,2-3,6H2,1H3. The van der Waals surface area contributed by atoms with Crippen LogP contribution in [0.15, 0.2) is 18.2 Å². The van der Waals surface area contributed by atoms with Crippen LogP contribution in [0.2, 0.25) is 0 Å². The normalized spacial score (nSPS) is 19.1. The van der Waals surface area contributed by atoms with Gasteiger partial charge in [-0.25, -0.2) is 0 Å². The van der Waals surface area contributed by atoms with Crippen molar-refractivity contribution in [1.82, 2.24) is 4.90 Å². The number of aromatic hydroxyl groups is 1. The highest BCUT2D eigenvalue weighted by Gasteiger charge is 2.29.